The fraction of sp³-hybridized carbons (Fsp3) is 0.0588. The zero-order valence-electron chi connectivity index (χ0n) is 14.9. The number of hydrazone groups is 1. The molecule has 146 valence electrons. The summed E-state index contributed by atoms with van der Waals surface area (Å²) in [5.41, 5.74) is 9.74. The lowest BCUT2D eigenvalue weighted by Crippen LogP contribution is -2.20. The summed E-state index contributed by atoms with van der Waals surface area (Å²) in [6.07, 6.45) is 0. The van der Waals surface area contributed by atoms with Gasteiger partial charge in [-0.25, -0.2) is 14.4 Å². The van der Waals surface area contributed by atoms with Crippen LogP contribution in [0.3, 0.4) is 0 Å². The molecule has 0 aliphatic heterocycles. The van der Waals surface area contributed by atoms with Gasteiger partial charge in [0.05, 0.1) is 10.6 Å². The number of hydrogen-bond acceptors (Lipinski definition) is 9. The Hall–Kier alpha value is -3.93. The Morgan fingerprint density at radius 1 is 1.28 bits per heavy atom. The Morgan fingerprint density at radius 3 is 2.72 bits per heavy atom. The molecule has 1 aromatic carbocycles. The Balaban J connectivity index is 1.67. The molecule has 3 heterocycles. The Labute approximate surface area is 166 Å². The number of carbonyl (C=O) groups is 1. The predicted molar refractivity (Wildman–Crippen MR) is 103 cm³/mol. The molecule has 0 unspecified atom stereocenters. The molecule has 3 N–H and O–H groups in total. The average Bonchev–Trinajstić information content (AvgIpc) is 3.46. The van der Waals surface area contributed by atoms with E-state index >= 15 is 0 Å². The third kappa shape index (κ3) is 3.60. The summed E-state index contributed by atoms with van der Waals surface area (Å²) in [5, 5.41) is 21.1. The molecule has 1 amide bonds. The number of hydrogen-bond donors (Lipinski definition) is 2. The molecule has 0 aliphatic carbocycles. The molecule has 29 heavy (non-hydrogen) atoms. The second-order valence-corrected chi connectivity index (χ2v) is 6.74. The van der Waals surface area contributed by atoms with Crippen molar-refractivity contribution in [1.82, 2.24) is 30.7 Å². The van der Waals surface area contributed by atoms with Gasteiger partial charge in [0.2, 0.25) is 11.6 Å². The van der Waals surface area contributed by atoms with Gasteiger partial charge in [-0.3, -0.25) is 4.79 Å². The molecule has 0 bridgehead atoms. The number of carbonyl (C=O) groups excluding carboxylic acids is 1. The first-order valence-electron chi connectivity index (χ1n) is 8.23. The fourth-order valence-electron chi connectivity index (χ4n) is 2.50. The zero-order valence-corrected chi connectivity index (χ0v) is 15.7. The lowest BCUT2D eigenvalue weighted by atomic mass is 10.1. The number of rotatable bonds is 5. The van der Waals surface area contributed by atoms with Crippen molar-refractivity contribution in [2.45, 2.75) is 6.92 Å². The number of thiophene rings is 1. The van der Waals surface area contributed by atoms with Gasteiger partial charge in [0.1, 0.15) is 11.5 Å². The maximum Gasteiger partial charge on any atom is 0.294 e. The van der Waals surface area contributed by atoms with Crippen LogP contribution in [0.25, 0.3) is 16.4 Å². The van der Waals surface area contributed by atoms with Crippen LogP contribution in [0.4, 0.5) is 10.2 Å². The molecular weight excluding hydrogens is 399 g/mol. The number of benzene rings is 1. The summed E-state index contributed by atoms with van der Waals surface area (Å²) in [4.78, 5) is 13.4. The van der Waals surface area contributed by atoms with Crippen LogP contribution in [0, 0.1) is 5.82 Å². The van der Waals surface area contributed by atoms with Gasteiger partial charge >= 0.3 is 0 Å². The zero-order chi connectivity index (χ0) is 20.4. The number of aromatic nitrogens is 5. The average molecular weight is 412 g/mol. The number of anilines is 1. The molecule has 10 nitrogen and oxygen atoms in total. The van der Waals surface area contributed by atoms with E-state index < -0.39 is 5.91 Å². The van der Waals surface area contributed by atoms with E-state index in [4.69, 9.17) is 5.73 Å². The summed E-state index contributed by atoms with van der Waals surface area (Å²) in [5.74, 6) is -0.823. The van der Waals surface area contributed by atoms with E-state index in [9.17, 15) is 9.18 Å². The molecule has 0 aliphatic rings. The first-order chi connectivity index (χ1) is 14.0. The van der Waals surface area contributed by atoms with Crippen LogP contribution in [-0.2, 0) is 0 Å². The topological polar surface area (TPSA) is 137 Å². The van der Waals surface area contributed by atoms with Crippen LogP contribution < -0.4 is 11.2 Å². The predicted octanol–water partition coefficient (Wildman–Crippen LogP) is 2.25. The highest BCUT2D eigenvalue weighted by Gasteiger charge is 2.25. The lowest BCUT2D eigenvalue weighted by Gasteiger charge is -2.04. The van der Waals surface area contributed by atoms with E-state index in [-0.39, 0.29) is 23.1 Å². The van der Waals surface area contributed by atoms with Crippen molar-refractivity contribution in [1.29, 1.82) is 0 Å². The Bertz CT molecular complexity index is 1180. The molecular formula is C17H13FN8O2S. The second kappa shape index (κ2) is 7.59. The van der Waals surface area contributed by atoms with Crippen LogP contribution in [0.5, 0.6) is 0 Å². The molecule has 0 spiro atoms. The van der Waals surface area contributed by atoms with Gasteiger partial charge in [-0.15, -0.1) is 16.4 Å². The summed E-state index contributed by atoms with van der Waals surface area (Å²) in [7, 11) is 0. The van der Waals surface area contributed by atoms with Gasteiger partial charge in [0.25, 0.3) is 5.91 Å². The second-order valence-electron chi connectivity index (χ2n) is 5.79. The molecule has 0 saturated carbocycles. The third-order valence-electron chi connectivity index (χ3n) is 3.92. The van der Waals surface area contributed by atoms with Crippen LogP contribution in [0.2, 0.25) is 0 Å². The van der Waals surface area contributed by atoms with Crippen molar-refractivity contribution in [2.75, 3.05) is 5.73 Å². The minimum absolute atomic E-state index is 0.00448. The molecule has 0 saturated heterocycles. The summed E-state index contributed by atoms with van der Waals surface area (Å²) in [6.45, 7) is 1.69. The van der Waals surface area contributed by atoms with E-state index in [1.807, 2.05) is 11.4 Å². The molecule has 0 atom stereocenters. The third-order valence-corrected chi connectivity index (χ3v) is 4.80. The largest absolute Gasteiger partial charge is 0.378 e. The van der Waals surface area contributed by atoms with Crippen LogP contribution in [0.15, 0.2) is 51.5 Å². The summed E-state index contributed by atoms with van der Waals surface area (Å²) >= 11 is 1.38. The summed E-state index contributed by atoms with van der Waals surface area (Å²) < 4.78 is 19.0. The molecule has 12 heteroatoms. The number of nitrogens with one attached hydrogen (secondary N) is 1. The molecule has 4 aromatic rings. The van der Waals surface area contributed by atoms with Crippen molar-refractivity contribution in [3.63, 3.8) is 0 Å². The van der Waals surface area contributed by atoms with E-state index in [0.717, 1.165) is 0 Å². The maximum atomic E-state index is 13.1. The first kappa shape index (κ1) is 18.4. The van der Waals surface area contributed by atoms with Gasteiger partial charge < -0.3 is 5.73 Å². The van der Waals surface area contributed by atoms with E-state index in [0.29, 0.717) is 21.8 Å². The lowest BCUT2D eigenvalue weighted by molar-refractivity contribution is 0.0950. The molecule has 3 aromatic heterocycles. The SMILES string of the molecule is C/C(=N/NC(=O)c1nnn(-c2nonc2N)c1-c1cccs1)c1ccc(F)cc1. The summed E-state index contributed by atoms with van der Waals surface area (Å²) in [6, 6.07) is 9.37. The van der Waals surface area contributed by atoms with Crippen LogP contribution in [0.1, 0.15) is 23.0 Å². The minimum atomic E-state index is -0.587. The van der Waals surface area contributed by atoms with Gasteiger partial charge in [0, 0.05) is 0 Å². The quantitative estimate of drug-likeness (QED) is 0.379. The smallest absolute Gasteiger partial charge is 0.294 e. The number of amides is 1. The van der Waals surface area contributed by atoms with Crippen LogP contribution >= 0.6 is 11.3 Å². The molecule has 0 radical (unpaired) electrons. The van der Waals surface area contributed by atoms with Gasteiger partial charge in [0.15, 0.2) is 5.69 Å². The first-order valence-corrected chi connectivity index (χ1v) is 9.11. The maximum absolute atomic E-state index is 13.1. The van der Waals surface area contributed by atoms with E-state index in [1.54, 1.807) is 25.1 Å². The van der Waals surface area contributed by atoms with E-state index in [1.165, 1.54) is 28.2 Å². The fourth-order valence-corrected chi connectivity index (χ4v) is 3.25. The van der Waals surface area contributed by atoms with E-state index in [2.05, 4.69) is 35.8 Å². The highest BCUT2D eigenvalue weighted by Crippen LogP contribution is 2.29. The highest BCUT2D eigenvalue weighted by molar-refractivity contribution is 7.13. The number of nitrogens with zero attached hydrogens (tertiary/aromatic N) is 6. The molecule has 0 fully saturated rings. The number of nitrogen functional groups attached to an aromatic ring is 1. The van der Waals surface area contributed by atoms with Crippen molar-refractivity contribution >= 4 is 28.8 Å². The number of nitrogens with two attached hydrogens (primary N) is 1. The van der Waals surface area contributed by atoms with Crippen molar-refractivity contribution in [3.8, 4) is 16.4 Å². The number of halogens is 1. The van der Waals surface area contributed by atoms with Crippen molar-refractivity contribution in [3.05, 3.63) is 58.9 Å². The monoisotopic (exact) mass is 412 g/mol. The van der Waals surface area contributed by atoms with Gasteiger partial charge in [-0.2, -0.15) is 9.78 Å². The Morgan fingerprint density at radius 2 is 2.07 bits per heavy atom. The Kier molecular flexibility index (Phi) is 4.83. The van der Waals surface area contributed by atoms with Crippen molar-refractivity contribution in [2.24, 2.45) is 5.10 Å². The van der Waals surface area contributed by atoms with Crippen LogP contribution in [-0.4, -0.2) is 36.9 Å². The normalized spacial score (nSPS) is 11.6. The van der Waals surface area contributed by atoms with Gasteiger partial charge in [-0.05, 0) is 46.4 Å². The standard InChI is InChI=1S/C17H13FN8O2S/c1-9(10-4-6-11(18)7-5-10)20-22-17(27)13-14(12-3-2-8-29-12)26(25-21-13)16-15(19)23-28-24-16/h2-8H,1H3,(H2,19,23)(H,22,27)/b20-9-. The van der Waals surface area contributed by atoms with Gasteiger partial charge in [-0.1, -0.05) is 23.4 Å². The molecule has 4 rings (SSSR count). The minimum Gasteiger partial charge on any atom is -0.378 e. The highest BCUT2D eigenvalue weighted by atomic mass is 32.1. The van der Waals surface area contributed by atoms with Crippen molar-refractivity contribution < 1.29 is 13.8 Å².